The third-order valence-electron chi connectivity index (χ3n) is 5.29. The van der Waals surface area contributed by atoms with E-state index in [1.165, 1.54) is 17.7 Å². The molecule has 1 unspecified atom stereocenters. The summed E-state index contributed by atoms with van der Waals surface area (Å²) in [6.07, 6.45) is 3.01. The number of halogens is 1. The third-order valence-corrected chi connectivity index (χ3v) is 5.67. The quantitative estimate of drug-likeness (QED) is 0.490. The molecule has 0 fully saturated rings. The molecule has 2 aromatic rings. The monoisotopic (exact) mass is 432 g/mol. The SMILES string of the molecule is CCCCNC(=S)N1CCc2cc(OC)c(OC)cc2C1COc1ccc(F)cc1. The molecule has 162 valence electrons. The van der Waals surface area contributed by atoms with Crippen LogP contribution in [-0.2, 0) is 6.42 Å². The molecule has 0 saturated heterocycles. The Morgan fingerprint density at radius 1 is 1.17 bits per heavy atom. The van der Waals surface area contributed by atoms with Crippen LogP contribution in [0.3, 0.4) is 0 Å². The Bertz CT molecular complexity index is 860. The second-order valence-electron chi connectivity index (χ2n) is 7.22. The minimum absolute atomic E-state index is 0.0970. The highest BCUT2D eigenvalue weighted by atomic mass is 32.1. The fourth-order valence-electron chi connectivity index (χ4n) is 3.63. The van der Waals surface area contributed by atoms with Crippen molar-refractivity contribution < 1.29 is 18.6 Å². The third kappa shape index (κ3) is 5.14. The van der Waals surface area contributed by atoms with Crippen molar-refractivity contribution in [2.24, 2.45) is 0 Å². The van der Waals surface area contributed by atoms with Crippen LogP contribution in [0.1, 0.15) is 36.9 Å². The van der Waals surface area contributed by atoms with Crippen molar-refractivity contribution in [1.29, 1.82) is 0 Å². The number of nitrogens with zero attached hydrogens (tertiary/aromatic N) is 1. The van der Waals surface area contributed by atoms with Crippen LogP contribution < -0.4 is 19.5 Å². The lowest BCUT2D eigenvalue weighted by atomic mass is 9.92. The Kier molecular flexibility index (Phi) is 7.74. The summed E-state index contributed by atoms with van der Waals surface area (Å²) < 4.78 is 30.3. The maximum atomic E-state index is 13.2. The smallest absolute Gasteiger partial charge is 0.169 e. The second-order valence-corrected chi connectivity index (χ2v) is 7.60. The maximum absolute atomic E-state index is 13.2. The van der Waals surface area contributed by atoms with Gasteiger partial charge in [0, 0.05) is 13.1 Å². The van der Waals surface area contributed by atoms with Gasteiger partial charge >= 0.3 is 0 Å². The van der Waals surface area contributed by atoms with Crippen LogP contribution in [0.5, 0.6) is 17.2 Å². The number of hydrogen-bond acceptors (Lipinski definition) is 4. The van der Waals surface area contributed by atoms with Gasteiger partial charge in [-0.25, -0.2) is 4.39 Å². The van der Waals surface area contributed by atoms with Crippen molar-refractivity contribution >= 4 is 17.3 Å². The van der Waals surface area contributed by atoms with Crippen LogP contribution in [0.25, 0.3) is 0 Å². The summed E-state index contributed by atoms with van der Waals surface area (Å²) in [5, 5.41) is 4.09. The van der Waals surface area contributed by atoms with Gasteiger partial charge in [-0.2, -0.15) is 0 Å². The van der Waals surface area contributed by atoms with Gasteiger partial charge in [0.1, 0.15) is 18.2 Å². The molecule has 0 bridgehead atoms. The van der Waals surface area contributed by atoms with Crippen LogP contribution in [0.15, 0.2) is 36.4 Å². The van der Waals surface area contributed by atoms with E-state index in [4.69, 9.17) is 26.4 Å². The molecule has 0 aliphatic carbocycles. The van der Waals surface area contributed by atoms with E-state index in [0.717, 1.165) is 43.0 Å². The molecule has 1 atom stereocenters. The van der Waals surface area contributed by atoms with Gasteiger partial charge in [0.25, 0.3) is 0 Å². The first kappa shape index (κ1) is 22.2. The van der Waals surface area contributed by atoms with Crippen molar-refractivity contribution in [1.82, 2.24) is 10.2 Å². The molecular formula is C23H29FN2O3S. The van der Waals surface area contributed by atoms with Gasteiger partial charge in [0.15, 0.2) is 16.6 Å². The fraction of sp³-hybridized carbons (Fsp3) is 0.435. The topological polar surface area (TPSA) is 43.0 Å². The van der Waals surface area contributed by atoms with Crippen LogP contribution in [0.4, 0.5) is 4.39 Å². The highest BCUT2D eigenvalue weighted by Crippen LogP contribution is 2.38. The summed E-state index contributed by atoms with van der Waals surface area (Å²) in [6.45, 7) is 4.15. The van der Waals surface area contributed by atoms with Crippen LogP contribution in [-0.4, -0.2) is 43.9 Å². The van der Waals surface area contributed by atoms with E-state index in [1.54, 1.807) is 26.4 Å². The van der Waals surface area contributed by atoms with Crippen LogP contribution in [0.2, 0.25) is 0 Å². The summed E-state index contributed by atoms with van der Waals surface area (Å²) in [6, 6.07) is 10.0. The predicted octanol–water partition coefficient (Wildman–Crippen LogP) is 4.50. The highest BCUT2D eigenvalue weighted by molar-refractivity contribution is 7.80. The number of methoxy groups -OCH3 is 2. The first-order valence-electron chi connectivity index (χ1n) is 10.2. The van der Waals surface area contributed by atoms with Gasteiger partial charge in [-0.3, -0.25) is 0 Å². The number of ether oxygens (including phenoxy) is 3. The summed E-state index contributed by atoms with van der Waals surface area (Å²) in [7, 11) is 3.27. The Balaban J connectivity index is 1.88. The Labute approximate surface area is 183 Å². The van der Waals surface area contributed by atoms with E-state index in [-0.39, 0.29) is 11.9 Å². The minimum Gasteiger partial charge on any atom is -0.493 e. The number of unbranched alkanes of at least 4 members (excludes halogenated alkanes) is 1. The van der Waals surface area contributed by atoms with E-state index >= 15 is 0 Å². The van der Waals surface area contributed by atoms with Crippen molar-refractivity contribution in [3.63, 3.8) is 0 Å². The molecule has 0 radical (unpaired) electrons. The van der Waals surface area contributed by atoms with Gasteiger partial charge in [-0.05, 0) is 72.6 Å². The highest BCUT2D eigenvalue weighted by Gasteiger charge is 2.31. The van der Waals surface area contributed by atoms with Crippen LogP contribution in [0, 0.1) is 5.82 Å². The van der Waals surface area contributed by atoms with E-state index in [9.17, 15) is 4.39 Å². The standard InChI is InChI=1S/C23H29FN2O3S/c1-4-5-11-25-23(30)26-12-10-16-13-21(27-2)22(28-3)14-19(16)20(26)15-29-18-8-6-17(24)7-9-18/h6-9,13-14,20H,4-5,10-12,15H2,1-3H3,(H,25,30). The summed E-state index contributed by atoms with van der Waals surface area (Å²) in [5.41, 5.74) is 2.29. The van der Waals surface area contributed by atoms with Crippen molar-refractivity contribution in [3.05, 3.63) is 53.3 Å². The number of fused-ring (bicyclic) bond motifs is 1. The molecule has 1 aliphatic rings. The van der Waals surface area contributed by atoms with Crippen molar-refractivity contribution in [3.8, 4) is 17.2 Å². The molecule has 0 amide bonds. The fourth-order valence-corrected chi connectivity index (χ4v) is 3.95. The van der Waals surface area contributed by atoms with E-state index in [0.29, 0.717) is 23.9 Å². The molecule has 0 saturated carbocycles. The summed E-state index contributed by atoms with van der Waals surface area (Å²) >= 11 is 5.71. The molecule has 1 heterocycles. The molecular weight excluding hydrogens is 403 g/mol. The Morgan fingerprint density at radius 3 is 2.53 bits per heavy atom. The molecule has 0 spiro atoms. The van der Waals surface area contributed by atoms with Gasteiger partial charge in [0.05, 0.1) is 20.3 Å². The predicted molar refractivity (Wildman–Crippen MR) is 120 cm³/mol. The lowest BCUT2D eigenvalue weighted by Gasteiger charge is -2.39. The zero-order valence-corrected chi connectivity index (χ0v) is 18.6. The number of thiocarbonyl (C=S) groups is 1. The minimum atomic E-state index is -0.287. The molecule has 3 rings (SSSR count). The lowest BCUT2D eigenvalue weighted by Crippen LogP contribution is -2.47. The first-order valence-corrected chi connectivity index (χ1v) is 10.7. The zero-order chi connectivity index (χ0) is 21.5. The molecule has 1 N–H and O–H groups in total. The number of hydrogen-bond donors (Lipinski definition) is 1. The molecule has 5 nitrogen and oxygen atoms in total. The molecule has 1 aliphatic heterocycles. The van der Waals surface area contributed by atoms with E-state index in [2.05, 4.69) is 17.1 Å². The average Bonchev–Trinajstić information content (AvgIpc) is 2.77. The number of rotatable bonds is 8. The van der Waals surface area contributed by atoms with Crippen molar-refractivity contribution in [2.75, 3.05) is 33.9 Å². The van der Waals surface area contributed by atoms with Gasteiger partial charge in [-0.15, -0.1) is 0 Å². The number of benzene rings is 2. The molecule has 7 heteroatoms. The summed E-state index contributed by atoms with van der Waals surface area (Å²) in [5.74, 6) is 1.72. The van der Waals surface area contributed by atoms with Gasteiger partial charge in [-0.1, -0.05) is 13.3 Å². The zero-order valence-electron chi connectivity index (χ0n) is 17.7. The summed E-state index contributed by atoms with van der Waals surface area (Å²) in [4.78, 5) is 2.17. The second kappa shape index (κ2) is 10.5. The van der Waals surface area contributed by atoms with Crippen LogP contribution >= 0.6 is 12.2 Å². The molecule has 30 heavy (non-hydrogen) atoms. The lowest BCUT2D eigenvalue weighted by molar-refractivity contribution is 0.187. The Hall–Kier alpha value is -2.54. The first-order chi connectivity index (χ1) is 14.6. The molecule has 2 aromatic carbocycles. The largest absolute Gasteiger partial charge is 0.493 e. The normalized spacial score (nSPS) is 15.3. The van der Waals surface area contributed by atoms with Gasteiger partial charge in [0.2, 0.25) is 0 Å². The maximum Gasteiger partial charge on any atom is 0.169 e. The average molecular weight is 433 g/mol. The van der Waals surface area contributed by atoms with Gasteiger partial charge < -0.3 is 24.4 Å². The van der Waals surface area contributed by atoms with E-state index in [1.807, 2.05) is 12.1 Å². The van der Waals surface area contributed by atoms with E-state index < -0.39 is 0 Å². The number of nitrogens with one attached hydrogen (secondary N) is 1. The molecule has 0 aromatic heterocycles. The Morgan fingerprint density at radius 2 is 1.87 bits per heavy atom. The van der Waals surface area contributed by atoms with Crippen molar-refractivity contribution in [2.45, 2.75) is 32.2 Å².